The van der Waals surface area contributed by atoms with Gasteiger partial charge in [0.25, 0.3) is 0 Å². The number of anilines is 1. The zero-order chi connectivity index (χ0) is 18.9. The summed E-state index contributed by atoms with van der Waals surface area (Å²) in [5.41, 5.74) is -1.01. The SMILES string of the molecule is O=C(O)c1cnc(N2CC[C@H](Oc3ccc(C(F)(F)F)cc3)C2)c(F)c1. The van der Waals surface area contributed by atoms with E-state index in [4.69, 9.17) is 9.84 Å². The fourth-order valence-corrected chi connectivity index (χ4v) is 2.71. The summed E-state index contributed by atoms with van der Waals surface area (Å²) in [5, 5.41) is 8.83. The van der Waals surface area contributed by atoms with E-state index in [0.29, 0.717) is 18.7 Å². The number of halogens is 4. The fourth-order valence-electron chi connectivity index (χ4n) is 2.71. The molecular weight excluding hydrogens is 356 g/mol. The van der Waals surface area contributed by atoms with Crippen molar-refractivity contribution in [3.63, 3.8) is 0 Å². The summed E-state index contributed by atoms with van der Waals surface area (Å²) in [6.07, 6.45) is -3.14. The van der Waals surface area contributed by atoms with Gasteiger partial charge in [-0.15, -0.1) is 0 Å². The smallest absolute Gasteiger partial charge is 0.416 e. The van der Waals surface area contributed by atoms with Crippen LogP contribution < -0.4 is 9.64 Å². The Labute approximate surface area is 145 Å². The number of benzene rings is 1. The molecule has 0 amide bonds. The van der Waals surface area contributed by atoms with Crippen LogP contribution in [0.15, 0.2) is 36.5 Å². The summed E-state index contributed by atoms with van der Waals surface area (Å²) in [5.74, 6) is -1.71. The molecule has 2 aromatic rings. The van der Waals surface area contributed by atoms with Crippen LogP contribution in [0, 0.1) is 5.82 Å². The van der Waals surface area contributed by atoms with E-state index in [1.165, 1.54) is 12.1 Å². The maximum Gasteiger partial charge on any atom is 0.416 e. The Morgan fingerprint density at radius 3 is 2.54 bits per heavy atom. The highest BCUT2D eigenvalue weighted by Gasteiger charge is 2.31. The van der Waals surface area contributed by atoms with Crippen molar-refractivity contribution in [3.8, 4) is 5.75 Å². The number of nitrogens with zero attached hydrogens (tertiary/aromatic N) is 2. The third-order valence-electron chi connectivity index (χ3n) is 4.00. The van der Waals surface area contributed by atoms with Crippen LogP contribution in [0.2, 0.25) is 0 Å². The van der Waals surface area contributed by atoms with Gasteiger partial charge in [0.2, 0.25) is 0 Å². The van der Waals surface area contributed by atoms with Crippen molar-refractivity contribution in [2.45, 2.75) is 18.7 Å². The second-order valence-electron chi connectivity index (χ2n) is 5.83. The van der Waals surface area contributed by atoms with Gasteiger partial charge in [-0.3, -0.25) is 0 Å². The average Bonchev–Trinajstić information content (AvgIpc) is 3.02. The van der Waals surface area contributed by atoms with Crippen molar-refractivity contribution in [1.82, 2.24) is 4.98 Å². The molecule has 1 aromatic carbocycles. The lowest BCUT2D eigenvalue weighted by molar-refractivity contribution is -0.137. The van der Waals surface area contributed by atoms with Gasteiger partial charge < -0.3 is 14.7 Å². The van der Waals surface area contributed by atoms with Gasteiger partial charge in [-0.1, -0.05) is 0 Å². The molecule has 0 radical (unpaired) electrons. The molecule has 5 nitrogen and oxygen atoms in total. The molecule has 1 atom stereocenters. The number of carboxylic acid groups (broad SMARTS) is 1. The monoisotopic (exact) mass is 370 g/mol. The second kappa shape index (κ2) is 6.81. The summed E-state index contributed by atoms with van der Waals surface area (Å²) in [4.78, 5) is 16.3. The third-order valence-corrected chi connectivity index (χ3v) is 4.00. The van der Waals surface area contributed by atoms with Crippen molar-refractivity contribution in [2.24, 2.45) is 0 Å². The molecule has 1 fully saturated rings. The van der Waals surface area contributed by atoms with Crippen molar-refractivity contribution in [3.05, 3.63) is 53.5 Å². The minimum Gasteiger partial charge on any atom is -0.489 e. The third kappa shape index (κ3) is 3.87. The molecule has 0 bridgehead atoms. The lowest BCUT2D eigenvalue weighted by atomic mass is 10.2. The first-order valence-electron chi connectivity index (χ1n) is 7.72. The van der Waals surface area contributed by atoms with Crippen molar-refractivity contribution in [1.29, 1.82) is 0 Å². The Bertz CT molecular complexity index is 809. The van der Waals surface area contributed by atoms with Crippen LogP contribution in [0.25, 0.3) is 0 Å². The van der Waals surface area contributed by atoms with Gasteiger partial charge in [-0.2, -0.15) is 13.2 Å². The molecule has 0 aliphatic carbocycles. The predicted octanol–water partition coefficient (Wildman–Crippen LogP) is 3.60. The molecule has 0 saturated carbocycles. The highest BCUT2D eigenvalue weighted by Crippen LogP contribution is 2.31. The molecule has 1 aromatic heterocycles. The molecule has 0 spiro atoms. The van der Waals surface area contributed by atoms with E-state index >= 15 is 0 Å². The number of pyridine rings is 1. The Balaban J connectivity index is 1.65. The van der Waals surface area contributed by atoms with Crippen LogP contribution >= 0.6 is 0 Å². The molecule has 26 heavy (non-hydrogen) atoms. The molecule has 2 heterocycles. The number of carboxylic acids is 1. The molecule has 1 aliphatic heterocycles. The fraction of sp³-hybridized carbons (Fsp3) is 0.294. The summed E-state index contributed by atoms with van der Waals surface area (Å²) in [7, 11) is 0. The van der Waals surface area contributed by atoms with Crippen LogP contribution in [-0.4, -0.2) is 35.3 Å². The van der Waals surface area contributed by atoms with E-state index in [9.17, 15) is 22.4 Å². The van der Waals surface area contributed by atoms with Crippen LogP contribution in [0.4, 0.5) is 23.4 Å². The number of hydrogen-bond donors (Lipinski definition) is 1. The topological polar surface area (TPSA) is 62.7 Å². The number of hydrogen-bond acceptors (Lipinski definition) is 4. The predicted molar refractivity (Wildman–Crippen MR) is 83.8 cm³/mol. The normalized spacial score (nSPS) is 17.4. The lowest BCUT2D eigenvalue weighted by Gasteiger charge is -2.19. The van der Waals surface area contributed by atoms with Gasteiger partial charge in [0, 0.05) is 19.2 Å². The largest absolute Gasteiger partial charge is 0.489 e. The summed E-state index contributed by atoms with van der Waals surface area (Å²) in [6, 6.07) is 5.26. The molecule has 138 valence electrons. The van der Waals surface area contributed by atoms with E-state index in [1.54, 1.807) is 4.90 Å². The molecular formula is C17H14F4N2O3. The summed E-state index contributed by atoms with van der Waals surface area (Å²) < 4.78 is 57.4. The molecule has 3 rings (SSSR count). The number of ether oxygens (including phenoxy) is 1. The van der Waals surface area contributed by atoms with Gasteiger partial charge in [0.05, 0.1) is 17.7 Å². The lowest BCUT2D eigenvalue weighted by Crippen LogP contribution is -2.26. The number of aromatic nitrogens is 1. The Kier molecular flexibility index (Phi) is 4.71. The van der Waals surface area contributed by atoms with Crippen molar-refractivity contribution >= 4 is 11.8 Å². The molecule has 9 heteroatoms. The van der Waals surface area contributed by atoms with Crippen LogP contribution in [0.1, 0.15) is 22.3 Å². The van der Waals surface area contributed by atoms with Crippen molar-refractivity contribution < 1.29 is 32.2 Å². The Hall–Kier alpha value is -2.84. The Morgan fingerprint density at radius 2 is 1.96 bits per heavy atom. The maximum atomic E-state index is 14.1. The minimum atomic E-state index is -4.41. The van der Waals surface area contributed by atoms with E-state index in [-0.39, 0.29) is 24.0 Å². The first-order chi connectivity index (χ1) is 12.2. The first kappa shape index (κ1) is 18.0. The standard InChI is InChI=1S/C17H14F4N2O3/c18-14-7-10(16(24)25)8-22-15(14)23-6-5-13(9-23)26-12-3-1-11(2-4-12)17(19,20)21/h1-4,7-8,13H,5-6,9H2,(H,24,25)/t13-/m0/s1. The van der Waals surface area contributed by atoms with E-state index < -0.39 is 23.5 Å². The number of aromatic carboxylic acids is 1. The van der Waals surface area contributed by atoms with Gasteiger partial charge in [0.1, 0.15) is 11.9 Å². The maximum absolute atomic E-state index is 14.1. The van der Waals surface area contributed by atoms with Gasteiger partial charge in [-0.25, -0.2) is 14.2 Å². The summed E-state index contributed by atoms with van der Waals surface area (Å²) >= 11 is 0. The van der Waals surface area contributed by atoms with Gasteiger partial charge >= 0.3 is 12.1 Å². The zero-order valence-corrected chi connectivity index (χ0v) is 13.3. The molecule has 1 saturated heterocycles. The van der Waals surface area contributed by atoms with Crippen LogP contribution in [0.3, 0.4) is 0 Å². The van der Waals surface area contributed by atoms with E-state index in [0.717, 1.165) is 24.4 Å². The zero-order valence-electron chi connectivity index (χ0n) is 13.3. The second-order valence-corrected chi connectivity index (χ2v) is 5.83. The Morgan fingerprint density at radius 1 is 1.27 bits per heavy atom. The van der Waals surface area contributed by atoms with Gasteiger partial charge in [0.15, 0.2) is 11.6 Å². The molecule has 1 N–H and O–H groups in total. The molecule has 1 aliphatic rings. The minimum absolute atomic E-state index is 0.0218. The highest BCUT2D eigenvalue weighted by atomic mass is 19.4. The summed E-state index contributed by atoms with van der Waals surface area (Å²) in [6.45, 7) is 0.721. The number of rotatable bonds is 4. The quantitative estimate of drug-likeness (QED) is 0.834. The van der Waals surface area contributed by atoms with Crippen LogP contribution in [0.5, 0.6) is 5.75 Å². The average molecular weight is 370 g/mol. The number of alkyl halides is 3. The van der Waals surface area contributed by atoms with E-state index in [2.05, 4.69) is 4.98 Å². The first-order valence-corrected chi connectivity index (χ1v) is 7.72. The highest BCUT2D eigenvalue weighted by molar-refractivity contribution is 5.87. The molecule has 0 unspecified atom stereocenters. The van der Waals surface area contributed by atoms with Gasteiger partial charge in [-0.05, 0) is 30.3 Å². The van der Waals surface area contributed by atoms with Crippen LogP contribution in [-0.2, 0) is 6.18 Å². The van der Waals surface area contributed by atoms with Crippen molar-refractivity contribution in [2.75, 3.05) is 18.0 Å². The number of carbonyl (C=O) groups is 1. The van der Waals surface area contributed by atoms with E-state index in [1.807, 2.05) is 0 Å².